The third kappa shape index (κ3) is 10.2. The highest BCUT2D eigenvalue weighted by molar-refractivity contribution is 4.66. The van der Waals surface area contributed by atoms with Gasteiger partial charge in [-0.2, -0.15) is 13.2 Å². The minimum Gasteiger partial charge on any atom is -0.372 e. The maximum atomic E-state index is 11.7. The molecule has 0 radical (unpaired) electrons. The Morgan fingerprint density at radius 2 is 1.88 bits per heavy atom. The molecule has 0 spiro atoms. The summed E-state index contributed by atoms with van der Waals surface area (Å²) < 4.78 is 39.8. The van der Waals surface area contributed by atoms with Gasteiger partial charge in [-0.1, -0.05) is 13.8 Å². The highest BCUT2D eigenvalue weighted by Gasteiger charge is 2.27. The van der Waals surface area contributed by atoms with Crippen molar-refractivity contribution in [3.05, 3.63) is 0 Å². The van der Waals surface area contributed by atoms with Gasteiger partial charge in [-0.3, -0.25) is 0 Å². The fraction of sp³-hybridized carbons (Fsp3) is 1.00. The Bertz CT molecular complexity index is 171. The number of nitrogens with one attached hydrogen (secondary N) is 1. The van der Waals surface area contributed by atoms with Crippen molar-refractivity contribution in [3.63, 3.8) is 0 Å². The van der Waals surface area contributed by atoms with Crippen LogP contribution in [0.5, 0.6) is 0 Å². The SMILES string of the molecule is CNC(CCCOCC(F)(F)F)CC(C)C. The van der Waals surface area contributed by atoms with E-state index >= 15 is 0 Å². The largest absolute Gasteiger partial charge is 0.411 e. The zero-order valence-corrected chi connectivity index (χ0v) is 10.2. The zero-order valence-electron chi connectivity index (χ0n) is 10.2. The predicted molar refractivity (Wildman–Crippen MR) is 58.4 cm³/mol. The number of rotatable bonds is 8. The Morgan fingerprint density at radius 3 is 2.31 bits per heavy atom. The molecule has 0 aromatic heterocycles. The standard InChI is InChI=1S/C11H22F3NO/c1-9(2)7-10(15-3)5-4-6-16-8-11(12,13)14/h9-10,15H,4-8H2,1-3H3. The van der Waals surface area contributed by atoms with E-state index in [9.17, 15) is 13.2 Å². The Kier molecular flexibility index (Phi) is 7.76. The molecule has 0 aliphatic carbocycles. The summed E-state index contributed by atoms with van der Waals surface area (Å²) in [5.74, 6) is 0.591. The summed E-state index contributed by atoms with van der Waals surface area (Å²) in [6, 6.07) is 0.370. The lowest BCUT2D eigenvalue weighted by molar-refractivity contribution is -0.174. The third-order valence-corrected chi connectivity index (χ3v) is 2.27. The third-order valence-electron chi connectivity index (χ3n) is 2.27. The summed E-state index contributed by atoms with van der Waals surface area (Å²) in [5, 5.41) is 3.16. The Labute approximate surface area is 95.5 Å². The molecule has 0 aromatic rings. The van der Waals surface area contributed by atoms with Crippen molar-refractivity contribution in [1.82, 2.24) is 5.32 Å². The molecule has 0 bridgehead atoms. The fourth-order valence-electron chi connectivity index (χ4n) is 1.57. The summed E-state index contributed by atoms with van der Waals surface area (Å²) in [7, 11) is 1.88. The second-order valence-corrected chi connectivity index (χ2v) is 4.43. The number of halogens is 3. The van der Waals surface area contributed by atoms with Gasteiger partial charge in [0.1, 0.15) is 6.61 Å². The van der Waals surface area contributed by atoms with Gasteiger partial charge in [0.05, 0.1) is 0 Å². The summed E-state index contributed by atoms with van der Waals surface area (Å²) in [6.45, 7) is 3.30. The lowest BCUT2D eigenvalue weighted by Gasteiger charge is -2.18. The average molecular weight is 241 g/mol. The average Bonchev–Trinajstić information content (AvgIpc) is 2.13. The smallest absolute Gasteiger partial charge is 0.372 e. The van der Waals surface area contributed by atoms with Gasteiger partial charge in [-0.15, -0.1) is 0 Å². The molecule has 5 heteroatoms. The molecule has 0 heterocycles. The number of hydrogen-bond acceptors (Lipinski definition) is 2. The molecule has 0 aliphatic heterocycles. The van der Waals surface area contributed by atoms with Crippen molar-refractivity contribution in [2.75, 3.05) is 20.3 Å². The quantitative estimate of drug-likeness (QED) is 0.660. The van der Waals surface area contributed by atoms with Crippen molar-refractivity contribution in [2.45, 2.75) is 45.3 Å². The van der Waals surface area contributed by atoms with Crippen molar-refractivity contribution in [1.29, 1.82) is 0 Å². The normalized spacial score (nSPS) is 14.4. The van der Waals surface area contributed by atoms with Gasteiger partial charge < -0.3 is 10.1 Å². The Morgan fingerprint density at radius 1 is 1.25 bits per heavy atom. The van der Waals surface area contributed by atoms with Crippen LogP contribution in [0.3, 0.4) is 0 Å². The molecule has 0 saturated heterocycles. The second kappa shape index (κ2) is 7.90. The molecular formula is C11H22F3NO. The molecule has 0 rings (SSSR count). The van der Waals surface area contributed by atoms with Crippen LogP contribution >= 0.6 is 0 Å². The lowest BCUT2D eigenvalue weighted by Crippen LogP contribution is -2.27. The van der Waals surface area contributed by atoms with Crippen molar-refractivity contribution >= 4 is 0 Å². The highest BCUT2D eigenvalue weighted by Crippen LogP contribution is 2.15. The fourth-order valence-corrected chi connectivity index (χ4v) is 1.57. The van der Waals surface area contributed by atoms with E-state index in [1.54, 1.807) is 0 Å². The first-order valence-corrected chi connectivity index (χ1v) is 5.67. The first-order valence-electron chi connectivity index (χ1n) is 5.67. The molecule has 1 N–H and O–H groups in total. The van der Waals surface area contributed by atoms with Crippen molar-refractivity contribution < 1.29 is 17.9 Å². The molecular weight excluding hydrogens is 219 g/mol. The van der Waals surface area contributed by atoms with Gasteiger partial charge >= 0.3 is 6.18 Å². The maximum Gasteiger partial charge on any atom is 0.411 e. The summed E-state index contributed by atoms with van der Waals surface area (Å²) in [5.41, 5.74) is 0. The molecule has 0 fully saturated rings. The second-order valence-electron chi connectivity index (χ2n) is 4.43. The molecule has 2 nitrogen and oxygen atoms in total. The van der Waals surface area contributed by atoms with Crippen LogP contribution < -0.4 is 5.32 Å². The monoisotopic (exact) mass is 241 g/mol. The maximum absolute atomic E-state index is 11.7. The summed E-state index contributed by atoms with van der Waals surface area (Å²) in [4.78, 5) is 0. The zero-order chi connectivity index (χ0) is 12.6. The molecule has 0 saturated carbocycles. The predicted octanol–water partition coefficient (Wildman–Crippen LogP) is 2.98. The van der Waals surface area contributed by atoms with E-state index in [-0.39, 0.29) is 6.61 Å². The molecule has 16 heavy (non-hydrogen) atoms. The van der Waals surface area contributed by atoms with Crippen LogP contribution in [-0.4, -0.2) is 32.5 Å². The number of hydrogen-bond donors (Lipinski definition) is 1. The summed E-state index contributed by atoms with van der Waals surface area (Å²) >= 11 is 0. The van der Waals surface area contributed by atoms with E-state index in [2.05, 4.69) is 23.9 Å². The Hall–Kier alpha value is -0.290. The van der Waals surface area contributed by atoms with Crippen molar-refractivity contribution in [3.8, 4) is 0 Å². The molecule has 0 aromatic carbocycles. The Balaban J connectivity index is 3.48. The van der Waals surface area contributed by atoms with Gasteiger partial charge in [0.15, 0.2) is 0 Å². The van der Waals surface area contributed by atoms with Crippen LogP contribution in [0.4, 0.5) is 13.2 Å². The topological polar surface area (TPSA) is 21.3 Å². The van der Waals surface area contributed by atoms with E-state index in [0.29, 0.717) is 18.4 Å². The van der Waals surface area contributed by atoms with E-state index < -0.39 is 12.8 Å². The summed E-state index contributed by atoms with van der Waals surface area (Å²) in [6.07, 6.45) is -1.66. The lowest BCUT2D eigenvalue weighted by atomic mass is 10.0. The van der Waals surface area contributed by atoms with Crippen LogP contribution in [0, 0.1) is 5.92 Å². The molecule has 1 unspecified atom stereocenters. The highest BCUT2D eigenvalue weighted by atomic mass is 19.4. The van der Waals surface area contributed by atoms with E-state index in [4.69, 9.17) is 0 Å². The van der Waals surface area contributed by atoms with Gasteiger partial charge in [-0.05, 0) is 32.2 Å². The van der Waals surface area contributed by atoms with Gasteiger partial charge in [0, 0.05) is 12.6 Å². The van der Waals surface area contributed by atoms with Crippen molar-refractivity contribution in [2.24, 2.45) is 5.92 Å². The number of alkyl halides is 3. The van der Waals surface area contributed by atoms with Gasteiger partial charge in [-0.25, -0.2) is 0 Å². The van der Waals surface area contributed by atoms with E-state index in [0.717, 1.165) is 12.8 Å². The first kappa shape index (κ1) is 15.7. The van der Waals surface area contributed by atoms with Gasteiger partial charge in [0.25, 0.3) is 0 Å². The van der Waals surface area contributed by atoms with Gasteiger partial charge in [0.2, 0.25) is 0 Å². The molecule has 1 atom stereocenters. The molecule has 0 amide bonds. The van der Waals surface area contributed by atoms with E-state index in [1.807, 2.05) is 7.05 Å². The van der Waals surface area contributed by atoms with E-state index in [1.165, 1.54) is 0 Å². The first-order chi connectivity index (χ1) is 7.35. The van der Waals surface area contributed by atoms with Crippen LogP contribution in [0.15, 0.2) is 0 Å². The van der Waals surface area contributed by atoms with Crippen LogP contribution in [0.2, 0.25) is 0 Å². The molecule has 98 valence electrons. The minimum atomic E-state index is -4.21. The van der Waals surface area contributed by atoms with Crippen LogP contribution in [0.25, 0.3) is 0 Å². The number of ether oxygens (including phenoxy) is 1. The molecule has 0 aliphatic rings. The minimum absolute atomic E-state index is 0.176. The van der Waals surface area contributed by atoms with Crippen LogP contribution in [0.1, 0.15) is 33.1 Å². The van der Waals surface area contributed by atoms with Crippen LogP contribution in [-0.2, 0) is 4.74 Å².